The fraction of sp³-hybridized carbons (Fsp3) is 0.467. The van der Waals surface area contributed by atoms with E-state index in [1.165, 1.54) is 36.0 Å². The Morgan fingerprint density at radius 1 is 1.20 bits per heavy atom. The highest BCUT2D eigenvalue weighted by Crippen LogP contribution is 2.13. The highest BCUT2D eigenvalue weighted by Gasteiger charge is 2.15. The van der Waals surface area contributed by atoms with E-state index in [-0.39, 0.29) is 16.6 Å². The second kappa shape index (κ2) is 9.07. The minimum atomic E-state index is -3.75. The molecule has 0 saturated heterocycles. The summed E-state index contributed by atoms with van der Waals surface area (Å²) in [5, 5.41) is 10.2. The fourth-order valence-corrected chi connectivity index (χ4v) is 2.79. The van der Waals surface area contributed by atoms with Gasteiger partial charge >= 0.3 is 6.09 Å². The van der Waals surface area contributed by atoms with Crippen LogP contribution in [0.3, 0.4) is 0 Å². The fourth-order valence-electron chi connectivity index (χ4n) is 1.63. The molecule has 0 aliphatic carbocycles. The van der Waals surface area contributed by atoms with E-state index in [1.807, 2.05) is 0 Å². The molecule has 0 spiro atoms. The minimum Gasteiger partial charge on any atom is -0.444 e. The quantitative estimate of drug-likeness (QED) is 0.607. The number of nitrogens with one attached hydrogen (secondary N) is 2. The Morgan fingerprint density at radius 3 is 2.32 bits per heavy atom. The highest BCUT2D eigenvalue weighted by atomic mass is 32.2. The first-order valence-corrected chi connectivity index (χ1v) is 10.1. The normalized spacial score (nSPS) is 11.7. The Balaban J connectivity index is 2.26. The van der Waals surface area contributed by atoms with Gasteiger partial charge in [0.1, 0.15) is 5.60 Å². The average molecular weight is 389 g/mol. The summed E-state index contributed by atoms with van der Waals surface area (Å²) in [7, 11) is -3.75. The first-order chi connectivity index (χ1) is 11.5. The summed E-state index contributed by atoms with van der Waals surface area (Å²) in [5.74, 6) is 0.523. The molecule has 1 rings (SSSR count). The predicted octanol–water partition coefficient (Wildman–Crippen LogP) is 1.53. The number of carbonyl (C=O) groups excluding carboxylic acids is 2. The van der Waals surface area contributed by atoms with E-state index in [0.717, 1.165) is 0 Å². The van der Waals surface area contributed by atoms with Gasteiger partial charge < -0.3 is 15.4 Å². The van der Waals surface area contributed by atoms with Gasteiger partial charge in [0.25, 0.3) is 0 Å². The van der Waals surface area contributed by atoms with Crippen molar-refractivity contribution in [2.24, 2.45) is 5.14 Å². The number of hydrogen-bond donors (Lipinski definition) is 3. The standard InChI is InChI=1S/C15H23N3O5S2/c1-15(2,3)23-14(20)17-8-9-24-10-13(19)18-11-4-6-12(7-5-11)25(16,21)22/h4-7H,8-10H2,1-3H3,(H,17,20)(H,18,19)(H2,16,21,22). The number of thioether (sulfide) groups is 1. The predicted molar refractivity (Wildman–Crippen MR) is 98.0 cm³/mol. The van der Waals surface area contributed by atoms with Gasteiger partial charge in [0.05, 0.1) is 10.6 Å². The number of primary sulfonamides is 1. The molecule has 10 heteroatoms. The van der Waals surface area contributed by atoms with E-state index in [0.29, 0.717) is 18.0 Å². The van der Waals surface area contributed by atoms with E-state index in [4.69, 9.17) is 9.88 Å². The van der Waals surface area contributed by atoms with Crippen LogP contribution < -0.4 is 15.8 Å². The second-order valence-electron chi connectivity index (χ2n) is 6.10. The van der Waals surface area contributed by atoms with Crippen LogP contribution in [0.4, 0.5) is 10.5 Å². The van der Waals surface area contributed by atoms with Crippen LogP contribution in [0, 0.1) is 0 Å². The molecule has 0 atom stereocenters. The number of anilines is 1. The summed E-state index contributed by atoms with van der Waals surface area (Å²) in [5.41, 5.74) is -0.0690. The van der Waals surface area contributed by atoms with Gasteiger partial charge in [-0.3, -0.25) is 4.79 Å². The number of ether oxygens (including phenoxy) is 1. The first kappa shape index (κ1) is 21.3. The Labute approximate surface area is 151 Å². The summed E-state index contributed by atoms with van der Waals surface area (Å²) < 4.78 is 27.4. The van der Waals surface area contributed by atoms with Crippen molar-refractivity contribution >= 4 is 39.5 Å². The molecule has 0 fully saturated rings. The third-order valence-electron chi connectivity index (χ3n) is 2.61. The molecule has 2 amide bonds. The number of carbonyl (C=O) groups is 2. The second-order valence-corrected chi connectivity index (χ2v) is 8.77. The molecule has 25 heavy (non-hydrogen) atoms. The Kier molecular flexibility index (Phi) is 7.71. The van der Waals surface area contributed by atoms with Gasteiger partial charge in [-0.05, 0) is 45.0 Å². The monoisotopic (exact) mass is 389 g/mol. The van der Waals surface area contributed by atoms with Crippen LogP contribution >= 0.6 is 11.8 Å². The average Bonchev–Trinajstić information content (AvgIpc) is 2.44. The van der Waals surface area contributed by atoms with E-state index < -0.39 is 21.7 Å². The van der Waals surface area contributed by atoms with Crippen molar-refractivity contribution in [1.82, 2.24) is 5.32 Å². The third kappa shape index (κ3) is 9.32. The van der Waals surface area contributed by atoms with Crippen molar-refractivity contribution in [3.63, 3.8) is 0 Å². The van der Waals surface area contributed by atoms with Gasteiger partial charge in [0.2, 0.25) is 15.9 Å². The number of nitrogens with two attached hydrogens (primary N) is 1. The molecule has 0 aliphatic heterocycles. The molecule has 4 N–H and O–H groups in total. The van der Waals surface area contributed by atoms with Crippen LogP contribution in [-0.2, 0) is 19.6 Å². The lowest BCUT2D eigenvalue weighted by Gasteiger charge is -2.19. The summed E-state index contributed by atoms with van der Waals surface area (Å²) in [6, 6.07) is 5.57. The van der Waals surface area contributed by atoms with Gasteiger partial charge in [-0.15, -0.1) is 0 Å². The van der Waals surface area contributed by atoms with E-state index in [9.17, 15) is 18.0 Å². The van der Waals surface area contributed by atoms with Crippen LogP contribution in [0.5, 0.6) is 0 Å². The molecular formula is C15H23N3O5S2. The zero-order chi connectivity index (χ0) is 19.1. The molecule has 8 nitrogen and oxygen atoms in total. The number of alkyl carbamates (subject to hydrolysis) is 1. The van der Waals surface area contributed by atoms with Crippen molar-refractivity contribution < 1.29 is 22.7 Å². The molecule has 1 aromatic rings. The molecule has 0 aliphatic rings. The smallest absolute Gasteiger partial charge is 0.407 e. The number of amides is 2. The lowest BCUT2D eigenvalue weighted by Crippen LogP contribution is -2.33. The lowest BCUT2D eigenvalue weighted by molar-refractivity contribution is -0.113. The third-order valence-corrected chi connectivity index (χ3v) is 4.50. The molecular weight excluding hydrogens is 366 g/mol. The van der Waals surface area contributed by atoms with Crippen molar-refractivity contribution in [2.45, 2.75) is 31.3 Å². The van der Waals surface area contributed by atoms with Crippen molar-refractivity contribution in [2.75, 3.05) is 23.4 Å². The molecule has 0 heterocycles. The van der Waals surface area contributed by atoms with E-state index >= 15 is 0 Å². The lowest BCUT2D eigenvalue weighted by atomic mass is 10.2. The zero-order valence-corrected chi connectivity index (χ0v) is 16.0. The zero-order valence-electron chi connectivity index (χ0n) is 14.4. The Morgan fingerprint density at radius 2 is 1.80 bits per heavy atom. The van der Waals surface area contributed by atoms with Crippen LogP contribution in [0.1, 0.15) is 20.8 Å². The Hall–Kier alpha value is -1.78. The summed E-state index contributed by atoms with van der Waals surface area (Å²) in [6.45, 7) is 5.72. The van der Waals surface area contributed by atoms with Crippen molar-refractivity contribution in [3.05, 3.63) is 24.3 Å². The van der Waals surface area contributed by atoms with Gasteiger partial charge in [0, 0.05) is 18.0 Å². The van der Waals surface area contributed by atoms with Gasteiger partial charge in [0.15, 0.2) is 0 Å². The van der Waals surface area contributed by atoms with Crippen LogP contribution in [-0.4, -0.2) is 44.1 Å². The summed E-state index contributed by atoms with van der Waals surface area (Å²) >= 11 is 1.35. The van der Waals surface area contributed by atoms with Crippen molar-refractivity contribution in [3.8, 4) is 0 Å². The van der Waals surface area contributed by atoms with E-state index in [2.05, 4.69) is 10.6 Å². The van der Waals surface area contributed by atoms with Gasteiger partial charge in [-0.2, -0.15) is 11.8 Å². The largest absolute Gasteiger partial charge is 0.444 e. The first-order valence-electron chi connectivity index (χ1n) is 7.45. The number of hydrogen-bond acceptors (Lipinski definition) is 6. The van der Waals surface area contributed by atoms with Crippen LogP contribution in [0.2, 0.25) is 0 Å². The number of benzene rings is 1. The Bertz CT molecular complexity index is 697. The molecule has 0 unspecified atom stereocenters. The molecule has 1 aromatic carbocycles. The maximum atomic E-state index is 11.8. The molecule has 0 radical (unpaired) electrons. The molecule has 0 bridgehead atoms. The molecule has 0 aromatic heterocycles. The van der Waals surface area contributed by atoms with Gasteiger partial charge in [-0.25, -0.2) is 18.4 Å². The minimum absolute atomic E-state index is 0.0203. The molecule has 0 saturated carbocycles. The SMILES string of the molecule is CC(C)(C)OC(=O)NCCSCC(=O)Nc1ccc(S(N)(=O)=O)cc1. The molecule has 140 valence electrons. The van der Waals surface area contributed by atoms with Crippen molar-refractivity contribution in [1.29, 1.82) is 0 Å². The number of sulfonamides is 1. The maximum Gasteiger partial charge on any atom is 0.407 e. The number of rotatable bonds is 7. The van der Waals surface area contributed by atoms with Crippen LogP contribution in [0.25, 0.3) is 0 Å². The highest BCUT2D eigenvalue weighted by molar-refractivity contribution is 7.99. The summed E-state index contributed by atoms with van der Waals surface area (Å²) in [4.78, 5) is 23.2. The van der Waals surface area contributed by atoms with Gasteiger partial charge in [-0.1, -0.05) is 0 Å². The van der Waals surface area contributed by atoms with Crippen LogP contribution in [0.15, 0.2) is 29.2 Å². The maximum absolute atomic E-state index is 11.8. The topological polar surface area (TPSA) is 128 Å². The summed E-state index contributed by atoms with van der Waals surface area (Å²) in [6.07, 6.45) is -0.493. The van der Waals surface area contributed by atoms with E-state index in [1.54, 1.807) is 20.8 Å².